The fourth-order valence-corrected chi connectivity index (χ4v) is 2.72. The van der Waals surface area contributed by atoms with Crippen molar-refractivity contribution in [2.45, 2.75) is 13.3 Å². The van der Waals surface area contributed by atoms with Gasteiger partial charge in [-0.3, -0.25) is 0 Å². The lowest BCUT2D eigenvalue weighted by Crippen LogP contribution is -2.05. The van der Waals surface area contributed by atoms with Gasteiger partial charge in [0.1, 0.15) is 6.07 Å². The van der Waals surface area contributed by atoms with E-state index in [-0.39, 0.29) is 5.69 Å². The van der Waals surface area contributed by atoms with Gasteiger partial charge in [-0.2, -0.15) is 10.4 Å². The summed E-state index contributed by atoms with van der Waals surface area (Å²) in [5, 5.41) is 21.0. The summed E-state index contributed by atoms with van der Waals surface area (Å²) in [7, 11) is 1.75. The largest absolute Gasteiger partial charge is 0.436 e. The lowest BCUT2D eigenvalue weighted by molar-refractivity contribution is 0.315. The summed E-state index contributed by atoms with van der Waals surface area (Å²) in [4.78, 5) is 8.73. The number of nitrogens with two attached hydrogens (primary N) is 1. The molecule has 0 atom stereocenters. The molecule has 0 aliphatic heterocycles. The second-order valence-electron chi connectivity index (χ2n) is 5.86. The number of nitrogens with zero attached hydrogens (tertiary/aromatic N) is 7. The van der Waals surface area contributed by atoms with Crippen LogP contribution in [-0.2, 0) is 13.5 Å². The number of hydrogen-bond donors (Lipinski definition) is 1. The Morgan fingerprint density at radius 3 is 2.85 bits per heavy atom. The highest BCUT2D eigenvalue weighted by atomic mass is 16.6. The van der Waals surface area contributed by atoms with E-state index < -0.39 is 0 Å². The van der Waals surface area contributed by atoms with Crippen LogP contribution >= 0.6 is 0 Å². The maximum absolute atomic E-state index is 9.45. The van der Waals surface area contributed by atoms with Crippen LogP contribution in [0, 0.1) is 18.3 Å². The summed E-state index contributed by atoms with van der Waals surface area (Å²) in [6, 6.07) is 7.23. The van der Waals surface area contributed by atoms with Crippen LogP contribution in [-0.4, -0.2) is 30.1 Å². The molecule has 0 saturated carbocycles. The Morgan fingerprint density at radius 1 is 1.26 bits per heavy atom. The van der Waals surface area contributed by atoms with Gasteiger partial charge < -0.3 is 10.5 Å². The van der Waals surface area contributed by atoms with Gasteiger partial charge in [0.05, 0.1) is 11.9 Å². The standard InChI is InChI=1S/C17H14N8O2/c1-9-11(15(19)16-17(21-9)24-27-23-16)7-10-3-4-13(12(8-18)22-10)26-14-5-6-20-25(14)2/h3-6H,7,19H2,1-2H3. The van der Waals surface area contributed by atoms with Crippen molar-refractivity contribution in [1.29, 1.82) is 5.26 Å². The van der Waals surface area contributed by atoms with Gasteiger partial charge in [-0.15, -0.1) is 0 Å². The van der Waals surface area contributed by atoms with Gasteiger partial charge in [-0.1, -0.05) is 0 Å². The number of fused-ring (bicyclic) bond motifs is 1. The number of ether oxygens (including phenoxy) is 1. The third-order valence-corrected chi connectivity index (χ3v) is 4.13. The average molecular weight is 362 g/mol. The lowest BCUT2D eigenvalue weighted by atomic mass is 10.0. The van der Waals surface area contributed by atoms with Gasteiger partial charge in [0, 0.05) is 36.5 Å². The van der Waals surface area contributed by atoms with E-state index in [1.807, 2.05) is 6.92 Å². The van der Waals surface area contributed by atoms with Gasteiger partial charge in [0.2, 0.25) is 11.5 Å². The Balaban J connectivity index is 1.68. The molecule has 4 heterocycles. The molecule has 0 amide bonds. The van der Waals surface area contributed by atoms with Crippen LogP contribution in [0.4, 0.5) is 5.69 Å². The van der Waals surface area contributed by atoms with Gasteiger partial charge in [-0.25, -0.2) is 19.3 Å². The minimum atomic E-state index is 0.169. The second-order valence-corrected chi connectivity index (χ2v) is 5.86. The molecule has 27 heavy (non-hydrogen) atoms. The highest BCUT2D eigenvalue weighted by molar-refractivity contribution is 5.85. The first-order valence-corrected chi connectivity index (χ1v) is 8.00. The van der Waals surface area contributed by atoms with Crippen molar-refractivity contribution in [2.24, 2.45) is 7.05 Å². The minimum Gasteiger partial charge on any atom is -0.436 e. The SMILES string of the molecule is Cc1nc2nonc2c(N)c1Cc1ccc(Oc2ccnn2C)c(C#N)n1. The highest BCUT2D eigenvalue weighted by Gasteiger charge is 2.16. The van der Waals surface area contributed by atoms with Gasteiger partial charge in [0.15, 0.2) is 17.0 Å². The van der Waals surface area contributed by atoms with Gasteiger partial charge >= 0.3 is 0 Å². The topological polar surface area (TPSA) is 142 Å². The Morgan fingerprint density at radius 2 is 2.11 bits per heavy atom. The van der Waals surface area contributed by atoms with Crippen LogP contribution in [0.15, 0.2) is 29.0 Å². The number of nitrogen functional groups attached to an aromatic ring is 1. The number of anilines is 1. The zero-order valence-electron chi connectivity index (χ0n) is 14.5. The Hall–Kier alpha value is -4.00. The molecular formula is C17H14N8O2. The molecule has 10 heteroatoms. The molecule has 4 aromatic heterocycles. The first kappa shape index (κ1) is 16.5. The van der Waals surface area contributed by atoms with Crippen molar-refractivity contribution >= 4 is 16.9 Å². The predicted molar refractivity (Wildman–Crippen MR) is 93.8 cm³/mol. The fraction of sp³-hybridized carbons (Fsp3) is 0.176. The quantitative estimate of drug-likeness (QED) is 0.575. The van der Waals surface area contributed by atoms with Gasteiger partial charge in [-0.05, 0) is 29.4 Å². The number of aromatic nitrogens is 6. The molecule has 0 aromatic carbocycles. The molecule has 0 fully saturated rings. The van der Waals surface area contributed by atoms with E-state index in [2.05, 4.69) is 31.4 Å². The Kier molecular flexibility index (Phi) is 3.89. The van der Waals surface area contributed by atoms with Crippen molar-refractivity contribution in [3.05, 3.63) is 47.0 Å². The summed E-state index contributed by atoms with van der Waals surface area (Å²) >= 11 is 0. The third-order valence-electron chi connectivity index (χ3n) is 4.13. The molecule has 134 valence electrons. The van der Waals surface area contributed by atoms with Crippen LogP contribution in [0.25, 0.3) is 11.2 Å². The van der Waals surface area contributed by atoms with Crippen molar-refractivity contribution in [1.82, 2.24) is 30.1 Å². The van der Waals surface area contributed by atoms with Crippen molar-refractivity contribution in [2.75, 3.05) is 5.73 Å². The van der Waals surface area contributed by atoms with Crippen LogP contribution in [0.3, 0.4) is 0 Å². The smallest absolute Gasteiger partial charge is 0.226 e. The van der Waals surface area contributed by atoms with E-state index in [9.17, 15) is 5.26 Å². The molecule has 0 unspecified atom stereocenters. The maximum Gasteiger partial charge on any atom is 0.226 e. The lowest BCUT2D eigenvalue weighted by Gasteiger charge is -2.10. The number of rotatable bonds is 4. The number of nitriles is 1. The highest BCUT2D eigenvalue weighted by Crippen LogP contribution is 2.27. The number of pyridine rings is 2. The van der Waals surface area contributed by atoms with Crippen molar-refractivity contribution < 1.29 is 9.37 Å². The zero-order valence-corrected chi connectivity index (χ0v) is 14.5. The number of aryl methyl sites for hydroxylation is 2. The monoisotopic (exact) mass is 362 g/mol. The first-order chi connectivity index (χ1) is 13.1. The Bertz CT molecular complexity index is 1190. The molecule has 0 bridgehead atoms. The normalized spacial score (nSPS) is 10.9. The Labute approximate surface area is 153 Å². The van der Waals surface area contributed by atoms with E-state index in [1.54, 1.807) is 36.1 Å². The molecule has 0 aliphatic rings. The predicted octanol–water partition coefficient (Wildman–Crippen LogP) is 1.89. The van der Waals surface area contributed by atoms with E-state index in [0.717, 1.165) is 5.56 Å². The van der Waals surface area contributed by atoms with Crippen LogP contribution in [0.5, 0.6) is 11.6 Å². The zero-order chi connectivity index (χ0) is 19.0. The van der Waals surface area contributed by atoms with E-state index in [0.29, 0.717) is 46.3 Å². The van der Waals surface area contributed by atoms with E-state index >= 15 is 0 Å². The molecule has 4 rings (SSSR count). The molecule has 0 aliphatic carbocycles. The van der Waals surface area contributed by atoms with Crippen molar-refractivity contribution in [3.8, 4) is 17.7 Å². The van der Waals surface area contributed by atoms with Crippen LogP contribution < -0.4 is 10.5 Å². The molecule has 0 spiro atoms. The van der Waals surface area contributed by atoms with Crippen LogP contribution in [0.2, 0.25) is 0 Å². The second kappa shape index (κ2) is 6.38. The molecule has 0 radical (unpaired) electrons. The van der Waals surface area contributed by atoms with E-state index in [4.69, 9.17) is 15.1 Å². The molecule has 2 N–H and O–H groups in total. The van der Waals surface area contributed by atoms with Crippen LogP contribution in [0.1, 0.15) is 22.6 Å². The van der Waals surface area contributed by atoms with E-state index in [1.165, 1.54) is 0 Å². The van der Waals surface area contributed by atoms with Crippen molar-refractivity contribution in [3.63, 3.8) is 0 Å². The molecule has 0 saturated heterocycles. The summed E-state index contributed by atoms with van der Waals surface area (Å²) in [6.45, 7) is 1.82. The fourth-order valence-electron chi connectivity index (χ4n) is 2.72. The summed E-state index contributed by atoms with van der Waals surface area (Å²) in [5.41, 5.74) is 9.68. The molecule has 10 nitrogen and oxygen atoms in total. The summed E-state index contributed by atoms with van der Waals surface area (Å²) in [5.74, 6) is 0.859. The number of hydrogen-bond acceptors (Lipinski definition) is 9. The minimum absolute atomic E-state index is 0.169. The summed E-state index contributed by atoms with van der Waals surface area (Å²) < 4.78 is 12.0. The third kappa shape index (κ3) is 2.91. The maximum atomic E-state index is 9.45. The first-order valence-electron chi connectivity index (χ1n) is 8.00. The molecular weight excluding hydrogens is 348 g/mol. The average Bonchev–Trinajstić information content (AvgIpc) is 3.29. The molecule has 4 aromatic rings. The summed E-state index contributed by atoms with van der Waals surface area (Å²) in [6.07, 6.45) is 1.99. The van der Waals surface area contributed by atoms with Gasteiger partial charge in [0.25, 0.3) is 0 Å².